The monoisotopic (exact) mass is 384 g/mol. The molecule has 3 aromatic rings. The molecule has 0 bridgehead atoms. The molecule has 0 saturated heterocycles. The number of halogens is 1. The predicted octanol–water partition coefficient (Wildman–Crippen LogP) is 4.20. The Labute approximate surface area is 148 Å². The van der Waals surface area contributed by atoms with Crippen LogP contribution in [0.4, 0.5) is 5.95 Å². The predicted molar refractivity (Wildman–Crippen MR) is 96.3 cm³/mol. The molecule has 1 aromatic heterocycles. The van der Waals surface area contributed by atoms with E-state index in [1.54, 1.807) is 13.4 Å². The molecular weight excluding hydrogens is 368 g/mol. The maximum Gasteiger partial charge on any atom is 0.222 e. The van der Waals surface area contributed by atoms with E-state index < -0.39 is 0 Å². The van der Waals surface area contributed by atoms with Crippen molar-refractivity contribution in [3.63, 3.8) is 0 Å². The molecule has 1 N–H and O–H groups in total. The van der Waals surface area contributed by atoms with E-state index in [0.717, 1.165) is 22.6 Å². The van der Waals surface area contributed by atoms with Crippen LogP contribution in [0.1, 0.15) is 29.6 Å². The first kappa shape index (κ1) is 15.2. The van der Waals surface area contributed by atoms with Crippen LogP contribution in [0.15, 0.2) is 59.3 Å². The first-order valence-corrected chi connectivity index (χ1v) is 8.59. The van der Waals surface area contributed by atoms with E-state index in [9.17, 15) is 0 Å². The van der Waals surface area contributed by atoms with E-state index in [4.69, 9.17) is 4.74 Å². The summed E-state index contributed by atoms with van der Waals surface area (Å²) in [5, 5.41) is 7.89. The van der Waals surface area contributed by atoms with Gasteiger partial charge in [0, 0.05) is 4.47 Å². The van der Waals surface area contributed by atoms with Crippen molar-refractivity contribution in [2.24, 2.45) is 0 Å². The van der Waals surface area contributed by atoms with Crippen LogP contribution in [-0.4, -0.2) is 21.9 Å². The molecule has 24 heavy (non-hydrogen) atoms. The van der Waals surface area contributed by atoms with Crippen molar-refractivity contribution < 1.29 is 4.74 Å². The standard InChI is InChI=1S/C18H17BrN4O/c1-24-15-7-3-5-13(9-15)17-10-16(12-4-2-6-14(19)8-12)22-18-20-11-21-23(17)18/h2-9,11,16-17H,10H2,1H3,(H,20,21,22)/t16-,17+/m0/s1. The molecule has 2 atom stereocenters. The van der Waals surface area contributed by atoms with Gasteiger partial charge in [-0.1, -0.05) is 40.2 Å². The molecule has 6 heteroatoms. The van der Waals surface area contributed by atoms with Crippen LogP contribution in [-0.2, 0) is 0 Å². The molecular formula is C18H17BrN4O. The zero-order valence-electron chi connectivity index (χ0n) is 13.2. The normalized spacial score (nSPS) is 19.4. The first-order valence-electron chi connectivity index (χ1n) is 7.80. The van der Waals surface area contributed by atoms with Gasteiger partial charge in [-0.2, -0.15) is 10.1 Å². The highest BCUT2D eigenvalue weighted by atomic mass is 79.9. The summed E-state index contributed by atoms with van der Waals surface area (Å²) >= 11 is 3.55. The molecule has 122 valence electrons. The van der Waals surface area contributed by atoms with Gasteiger partial charge in [0.2, 0.25) is 5.95 Å². The largest absolute Gasteiger partial charge is 0.497 e. The van der Waals surface area contributed by atoms with Gasteiger partial charge in [-0.3, -0.25) is 0 Å². The molecule has 2 heterocycles. The number of hydrogen-bond donors (Lipinski definition) is 1. The van der Waals surface area contributed by atoms with E-state index in [1.807, 2.05) is 22.9 Å². The maximum absolute atomic E-state index is 5.38. The number of methoxy groups -OCH3 is 1. The van der Waals surface area contributed by atoms with Gasteiger partial charge in [0.1, 0.15) is 12.1 Å². The summed E-state index contributed by atoms with van der Waals surface area (Å²) in [5.74, 6) is 1.64. The summed E-state index contributed by atoms with van der Waals surface area (Å²) in [6, 6.07) is 16.8. The van der Waals surface area contributed by atoms with Crippen molar-refractivity contribution in [3.05, 3.63) is 70.5 Å². The summed E-state index contributed by atoms with van der Waals surface area (Å²) < 4.78 is 8.40. The van der Waals surface area contributed by atoms with Crippen molar-refractivity contribution in [1.82, 2.24) is 14.8 Å². The minimum atomic E-state index is 0.114. The zero-order valence-corrected chi connectivity index (χ0v) is 14.8. The highest BCUT2D eigenvalue weighted by Crippen LogP contribution is 2.38. The van der Waals surface area contributed by atoms with E-state index in [2.05, 4.69) is 61.7 Å². The van der Waals surface area contributed by atoms with Crippen molar-refractivity contribution >= 4 is 21.9 Å². The Bertz CT molecular complexity index is 863. The molecule has 0 aliphatic carbocycles. The minimum absolute atomic E-state index is 0.114. The van der Waals surface area contributed by atoms with Gasteiger partial charge < -0.3 is 10.1 Å². The third-order valence-electron chi connectivity index (χ3n) is 4.36. The van der Waals surface area contributed by atoms with Crippen LogP contribution in [0, 0.1) is 0 Å². The van der Waals surface area contributed by atoms with E-state index in [-0.39, 0.29) is 12.1 Å². The van der Waals surface area contributed by atoms with Crippen LogP contribution in [0.5, 0.6) is 5.75 Å². The third-order valence-corrected chi connectivity index (χ3v) is 4.85. The Hall–Kier alpha value is -2.34. The van der Waals surface area contributed by atoms with Gasteiger partial charge in [0.05, 0.1) is 19.2 Å². The fourth-order valence-corrected chi connectivity index (χ4v) is 3.61. The molecule has 0 saturated carbocycles. The van der Waals surface area contributed by atoms with Crippen molar-refractivity contribution in [1.29, 1.82) is 0 Å². The van der Waals surface area contributed by atoms with Gasteiger partial charge in [-0.15, -0.1) is 0 Å². The Balaban J connectivity index is 1.74. The highest BCUT2D eigenvalue weighted by Gasteiger charge is 2.30. The molecule has 2 aromatic carbocycles. The smallest absolute Gasteiger partial charge is 0.222 e. The third kappa shape index (κ3) is 2.78. The molecule has 1 aliphatic rings. The molecule has 1 aliphatic heterocycles. The van der Waals surface area contributed by atoms with E-state index in [1.165, 1.54) is 11.1 Å². The summed E-state index contributed by atoms with van der Waals surface area (Å²) in [6.07, 6.45) is 2.48. The molecule has 5 nitrogen and oxygen atoms in total. The number of anilines is 1. The van der Waals surface area contributed by atoms with Crippen LogP contribution in [0.3, 0.4) is 0 Å². The Morgan fingerprint density at radius 2 is 2.00 bits per heavy atom. The summed E-state index contributed by atoms with van der Waals surface area (Å²) in [6.45, 7) is 0. The number of hydrogen-bond acceptors (Lipinski definition) is 4. The van der Waals surface area contributed by atoms with Crippen molar-refractivity contribution in [3.8, 4) is 5.75 Å². The van der Waals surface area contributed by atoms with Gasteiger partial charge >= 0.3 is 0 Å². The molecule has 0 amide bonds. The summed E-state index contributed by atoms with van der Waals surface area (Å²) in [5.41, 5.74) is 2.40. The average Bonchev–Trinajstić information content (AvgIpc) is 3.09. The Kier molecular flexibility index (Phi) is 3.98. The fourth-order valence-electron chi connectivity index (χ4n) is 3.19. The zero-order chi connectivity index (χ0) is 16.5. The van der Waals surface area contributed by atoms with E-state index >= 15 is 0 Å². The van der Waals surface area contributed by atoms with Crippen LogP contribution in [0.2, 0.25) is 0 Å². The Morgan fingerprint density at radius 3 is 2.83 bits per heavy atom. The van der Waals surface area contributed by atoms with Gasteiger partial charge in [0.25, 0.3) is 0 Å². The Morgan fingerprint density at radius 1 is 1.17 bits per heavy atom. The lowest BCUT2D eigenvalue weighted by molar-refractivity contribution is 0.406. The molecule has 0 fully saturated rings. The highest BCUT2D eigenvalue weighted by molar-refractivity contribution is 9.10. The van der Waals surface area contributed by atoms with Gasteiger partial charge in [0.15, 0.2) is 0 Å². The average molecular weight is 385 g/mol. The number of fused-ring (bicyclic) bond motifs is 1. The second kappa shape index (κ2) is 6.28. The molecule has 0 radical (unpaired) electrons. The second-order valence-electron chi connectivity index (χ2n) is 5.81. The number of rotatable bonds is 3. The van der Waals surface area contributed by atoms with Crippen molar-refractivity contribution in [2.45, 2.75) is 18.5 Å². The minimum Gasteiger partial charge on any atom is -0.497 e. The second-order valence-corrected chi connectivity index (χ2v) is 6.72. The fraction of sp³-hybridized carbons (Fsp3) is 0.222. The maximum atomic E-state index is 5.38. The lowest BCUT2D eigenvalue weighted by Crippen LogP contribution is -2.28. The molecule has 0 unspecified atom stereocenters. The van der Waals surface area contributed by atoms with Crippen LogP contribution in [0.25, 0.3) is 0 Å². The van der Waals surface area contributed by atoms with Crippen LogP contribution >= 0.6 is 15.9 Å². The summed E-state index contributed by atoms with van der Waals surface area (Å²) in [7, 11) is 1.69. The number of benzene rings is 2. The van der Waals surface area contributed by atoms with Crippen LogP contribution < -0.4 is 10.1 Å². The lowest BCUT2D eigenvalue weighted by Gasteiger charge is -2.32. The topological polar surface area (TPSA) is 52.0 Å². The van der Waals surface area contributed by atoms with Gasteiger partial charge in [-0.25, -0.2) is 4.68 Å². The number of nitrogens with one attached hydrogen (secondary N) is 1. The molecule has 4 rings (SSSR count). The van der Waals surface area contributed by atoms with Gasteiger partial charge in [-0.05, 0) is 41.8 Å². The number of aromatic nitrogens is 3. The first-order chi connectivity index (χ1) is 11.7. The molecule has 0 spiro atoms. The number of nitrogens with zero attached hydrogens (tertiary/aromatic N) is 3. The number of ether oxygens (including phenoxy) is 1. The summed E-state index contributed by atoms with van der Waals surface area (Å²) in [4.78, 5) is 4.37. The van der Waals surface area contributed by atoms with Crippen molar-refractivity contribution in [2.75, 3.05) is 12.4 Å². The lowest BCUT2D eigenvalue weighted by atomic mass is 9.93. The van der Waals surface area contributed by atoms with E-state index in [0.29, 0.717) is 0 Å². The quantitative estimate of drug-likeness (QED) is 0.735. The SMILES string of the molecule is COc1cccc([C@H]2C[C@@H](c3cccc(Br)c3)Nc3ncnn32)c1.